The van der Waals surface area contributed by atoms with Crippen molar-refractivity contribution in [3.8, 4) is 28.3 Å². The fraction of sp³-hybridized carbons (Fsp3) is 0.231. The summed E-state index contributed by atoms with van der Waals surface area (Å²) in [5.41, 5.74) is 5.72. The third-order valence-corrected chi connectivity index (χ3v) is 5.43. The van der Waals surface area contributed by atoms with Gasteiger partial charge in [0.1, 0.15) is 17.8 Å². The standard InChI is InChI=1S/C26H25N3O4/c1-17-12-23(8-6-19(17)7-9-25(30)31)32-11-10-24-18(2)33-26(29-24)21-5-3-4-20(13-21)22-14-27-16-28-15-22/h3-6,8,12-16H,7,9-11H2,1-2H3,(H,30,31). The molecule has 0 fully saturated rings. The van der Waals surface area contributed by atoms with Crippen molar-refractivity contribution in [1.29, 1.82) is 0 Å². The number of ether oxygens (including phenoxy) is 1. The minimum absolute atomic E-state index is 0.122. The van der Waals surface area contributed by atoms with E-state index in [1.807, 2.05) is 56.3 Å². The maximum absolute atomic E-state index is 10.8. The van der Waals surface area contributed by atoms with Crippen molar-refractivity contribution < 1.29 is 19.1 Å². The van der Waals surface area contributed by atoms with Gasteiger partial charge in [-0.2, -0.15) is 0 Å². The lowest BCUT2D eigenvalue weighted by Gasteiger charge is -2.09. The molecule has 2 aromatic carbocycles. The van der Waals surface area contributed by atoms with Crippen molar-refractivity contribution in [2.75, 3.05) is 6.61 Å². The normalized spacial score (nSPS) is 10.8. The largest absolute Gasteiger partial charge is 0.493 e. The van der Waals surface area contributed by atoms with Gasteiger partial charge in [-0.3, -0.25) is 4.79 Å². The molecule has 0 atom stereocenters. The Labute approximate surface area is 192 Å². The second kappa shape index (κ2) is 10.1. The summed E-state index contributed by atoms with van der Waals surface area (Å²) in [5.74, 6) is 1.30. The van der Waals surface area contributed by atoms with E-state index >= 15 is 0 Å². The minimum atomic E-state index is -0.794. The Kier molecular flexibility index (Phi) is 6.78. The van der Waals surface area contributed by atoms with E-state index in [1.165, 1.54) is 6.33 Å². The fourth-order valence-corrected chi connectivity index (χ4v) is 3.61. The molecule has 4 rings (SSSR count). The third-order valence-electron chi connectivity index (χ3n) is 5.43. The molecule has 0 saturated heterocycles. The number of nitrogens with zero attached hydrogens (tertiary/aromatic N) is 3. The zero-order valence-corrected chi connectivity index (χ0v) is 18.6. The van der Waals surface area contributed by atoms with Crippen LogP contribution in [0.3, 0.4) is 0 Å². The van der Waals surface area contributed by atoms with Gasteiger partial charge in [0.2, 0.25) is 5.89 Å². The minimum Gasteiger partial charge on any atom is -0.493 e. The number of hydrogen-bond acceptors (Lipinski definition) is 6. The van der Waals surface area contributed by atoms with Crippen LogP contribution in [0.2, 0.25) is 0 Å². The van der Waals surface area contributed by atoms with E-state index < -0.39 is 5.97 Å². The SMILES string of the molecule is Cc1cc(OCCc2nc(-c3cccc(-c4cncnc4)c3)oc2C)ccc1CCC(=O)O. The lowest BCUT2D eigenvalue weighted by molar-refractivity contribution is -0.136. The van der Waals surface area contributed by atoms with Crippen LogP contribution in [0.1, 0.15) is 29.0 Å². The Morgan fingerprint density at radius 2 is 1.79 bits per heavy atom. The van der Waals surface area contributed by atoms with Gasteiger partial charge < -0.3 is 14.3 Å². The number of rotatable bonds is 9. The molecular weight excluding hydrogens is 418 g/mol. The summed E-state index contributed by atoms with van der Waals surface area (Å²) < 4.78 is 11.8. The molecule has 0 amide bonds. The first-order valence-electron chi connectivity index (χ1n) is 10.8. The first-order valence-corrected chi connectivity index (χ1v) is 10.8. The van der Waals surface area contributed by atoms with E-state index in [0.29, 0.717) is 25.3 Å². The summed E-state index contributed by atoms with van der Waals surface area (Å²) in [4.78, 5) is 23.6. The van der Waals surface area contributed by atoms with E-state index in [-0.39, 0.29) is 6.42 Å². The number of carboxylic acids is 1. The van der Waals surface area contributed by atoms with E-state index in [4.69, 9.17) is 14.3 Å². The smallest absolute Gasteiger partial charge is 0.303 e. The highest BCUT2D eigenvalue weighted by atomic mass is 16.5. The summed E-state index contributed by atoms with van der Waals surface area (Å²) in [6, 6.07) is 13.7. The first-order chi connectivity index (χ1) is 16.0. The number of benzene rings is 2. The van der Waals surface area contributed by atoms with Crippen molar-refractivity contribution in [3.63, 3.8) is 0 Å². The number of aliphatic carboxylic acids is 1. The molecule has 1 N–H and O–H groups in total. The Balaban J connectivity index is 1.40. The number of hydrogen-bond donors (Lipinski definition) is 1. The molecule has 168 valence electrons. The van der Waals surface area contributed by atoms with Gasteiger partial charge in [-0.05, 0) is 61.2 Å². The molecule has 0 bridgehead atoms. The van der Waals surface area contributed by atoms with Gasteiger partial charge >= 0.3 is 5.97 Å². The van der Waals surface area contributed by atoms with Crippen LogP contribution in [0.25, 0.3) is 22.6 Å². The molecule has 7 heteroatoms. The second-order valence-corrected chi connectivity index (χ2v) is 7.81. The number of carboxylic acid groups (broad SMARTS) is 1. The number of aromatic nitrogens is 3. The van der Waals surface area contributed by atoms with Gasteiger partial charge in [0.25, 0.3) is 0 Å². The van der Waals surface area contributed by atoms with Crippen molar-refractivity contribution >= 4 is 5.97 Å². The molecule has 2 aromatic heterocycles. The molecule has 0 saturated carbocycles. The van der Waals surface area contributed by atoms with Crippen molar-refractivity contribution in [1.82, 2.24) is 15.0 Å². The zero-order valence-electron chi connectivity index (χ0n) is 18.6. The lowest BCUT2D eigenvalue weighted by Crippen LogP contribution is -2.04. The Hall–Kier alpha value is -4.00. The molecule has 0 unspecified atom stereocenters. The molecule has 0 spiro atoms. The van der Waals surface area contributed by atoms with Crippen LogP contribution in [0.4, 0.5) is 0 Å². The van der Waals surface area contributed by atoms with Crippen LogP contribution in [0.15, 0.2) is 65.6 Å². The Morgan fingerprint density at radius 3 is 2.55 bits per heavy atom. The van der Waals surface area contributed by atoms with Gasteiger partial charge in [0.15, 0.2) is 0 Å². The van der Waals surface area contributed by atoms with Crippen LogP contribution in [0, 0.1) is 13.8 Å². The summed E-state index contributed by atoms with van der Waals surface area (Å²) in [6.07, 6.45) is 6.31. The summed E-state index contributed by atoms with van der Waals surface area (Å²) in [5, 5.41) is 8.86. The number of carbonyl (C=O) groups is 1. The molecule has 7 nitrogen and oxygen atoms in total. The van der Waals surface area contributed by atoms with E-state index in [9.17, 15) is 4.79 Å². The second-order valence-electron chi connectivity index (χ2n) is 7.81. The quantitative estimate of drug-likeness (QED) is 0.386. The maximum Gasteiger partial charge on any atom is 0.303 e. The Bertz CT molecular complexity index is 1250. The van der Waals surface area contributed by atoms with Crippen LogP contribution in [0.5, 0.6) is 5.75 Å². The van der Waals surface area contributed by atoms with Crippen molar-refractivity contribution in [2.45, 2.75) is 33.1 Å². The molecular formula is C26H25N3O4. The molecule has 0 aliphatic rings. The van der Waals surface area contributed by atoms with Gasteiger partial charge in [0, 0.05) is 36.4 Å². The number of aryl methyl sites for hydroxylation is 3. The average Bonchev–Trinajstić information content (AvgIpc) is 3.19. The van der Waals surface area contributed by atoms with Gasteiger partial charge in [0.05, 0.1) is 12.3 Å². The van der Waals surface area contributed by atoms with E-state index in [0.717, 1.165) is 45.0 Å². The average molecular weight is 444 g/mol. The molecule has 4 aromatic rings. The van der Waals surface area contributed by atoms with Crippen LogP contribution in [-0.2, 0) is 17.6 Å². The van der Waals surface area contributed by atoms with Crippen LogP contribution >= 0.6 is 0 Å². The summed E-state index contributed by atoms with van der Waals surface area (Å²) in [6.45, 7) is 4.33. The lowest BCUT2D eigenvalue weighted by atomic mass is 10.0. The van der Waals surface area contributed by atoms with Gasteiger partial charge in [-0.15, -0.1) is 0 Å². The highest BCUT2D eigenvalue weighted by Gasteiger charge is 2.13. The van der Waals surface area contributed by atoms with E-state index in [2.05, 4.69) is 15.0 Å². The molecule has 0 radical (unpaired) electrons. The van der Waals surface area contributed by atoms with Crippen molar-refractivity contribution in [2.24, 2.45) is 0 Å². The van der Waals surface area contributed by atoms with Crippen LogP contribution in [-0.4, -0.2) is 32.6 Å². The topological polar surface area (TPSA) is 98.3 Å². The molecule has 0 aliphatic carbocycles. The third kappa shape index (κ3) is 5.63. The predicted octanol–water partition coefficient (Wildman–Crippen LogP) is 5.05. The zero-order chi connectivity index (χ0) is 23.2. The highest BCUT2D eigenvalue weighted by molar-refractivity contribution is 5.69. The first kappa shape index (κ1) is 22.2. The van der Waals surface area contributed by atoms with Crippen molar-refractivity contribution in [3.05, 3.63) is 83.8 Å². The summed E-state index contributed by atoms with van der Waals surface area (Å²) >= 11 is 0. The highest BCUT2D eigenvalue weighted by Crippen LogP contribution is 2.27. The molecule has 33 heavy (non-hydrogen) atoms. The van der Waals surface area contributed by atoms with E-state index in [1.54, 1.807) is 12.4 Å². The maximum atomic E-state index is 10.8. The monoisotopic (exact) mass is 443 g/mol. The predicted molar refractivity (Wildman–Crippen MR) is 124 cm³/mol. The summed E-state index contributed by atoms with van der Waals surface area (Å²) in [7, 11) is 0. The van der Waals surface area contributed by atoms with Gasteiger partial charge in [-0.25, -0.2) is 15.0 Å². The van der Waals surface area contributed by atoms with Crippen LogP contribution < -0.4 is 4.74 Å². The van der Waals surface area contributed by atoms with Gasteiger partial charge in [-0.1, -0.05) is 18.2 Å². The molecule has 0 aliphatic heterocycles. The Morgan fingerprint density at radius 1 is 1.00 bits per heavy atom. The molecule has 2 heterocycles. The number of oxazole rings is 1. The fourth-order valence-electron chi connectivity index (χ4n) is 3.61.